The second-order valence-corrected chi connectivity index (χ2v) is 5.15. The molecule has 0 amide bonds. The number of aromatic nitrogens is 1. The zero-order chi connectivity index (χ0) is 13.4. The fourth-order valence-corrected chi connectivity index (χ4v) is 2.98. The van der Waals surface area contributed by atoms with E-state index in [0.29, 0.717) is 17.0 Å². The van der Waals surface area contributed by atoms with Gasteiger partial charge in [-0.2, -0.15) is 0 Å². The third-order valence-corrected chi connectivity index (χ3v) is 3.96. The molecule has 1 fully saturated rings. The summed E-state index contributed by atoms with van der Waals surface area (Å²) in [5, 5.41) is 9.67. The zero-order valence-corrected chi connectivity index (χ0v) is 10.6. The first-order chi connectivity index (χ1) is 9.20. The predicted molar refractivity (Wildman–Crippen MR) is 71.6 cm³/mol. The summed E-state index contributed by atoms with van der Waals surface area (Å²) in [5.74, 6) is -0.419. The number of hydrogen-bond acceptors (Lipinski definition) is 2. The lowest BCUT2D eigenvalue weighted by Crippen LogP contribution is -2.17. The molecule has 1 aliphatic rings. The highest BCUT2D eigenvalue weighted by molar-refractivity contribution is 5.79. The number of aliphatic hydroxyl groups is 1. The van der Waals surface area contributed by atoms with Gasteiger partial charge in [0.2, 0.25) is 0 Å². The maximum absolute atomic E-state index is 13.4. The van der Waals surface area contributed by atoms with E-state index < -0.39 is 5.82 Å². The quantitative estimate of drug-likeness (QED) is 0.903. The maximum Gasteiger partial charge on any atom is 0.194 e. The molecule has 0 atom stereocenters. The third kappa shape index (κ3) is 2.06. The Hall–Kier alpha value is -1.68. The Labute approximate surface area is 110 Å². The van der Waals surface area contributed by atoms with Crippen LogP contribution in [0.5, 0.6) is 0 Å². The third-order valence-electron chi connectivity index (χ3n) is 3.96. The molecule has 19 heavy (non-hydrogen) atoms. The summed E-state index contributed by atoms with van der Waals surface area (Å²) < 4.78 is 15.4. The van der Waals surface area contributed by atoms with Crippen LogP contribution in [0, 0.1) is 5.82 Å². The van der Waals surface area contributed by atoms with Crippen LogP contribution in [0.1, 0.15) is 37.3 Å². The second-order valence-electron chi connectivity index (χ2n) is 5.15. The van der Waals surface area contributed by atoms with E-state index >= 15 is 0 Å². The Morgan fingerprint density at radius 3 is 2.74 bits per heavy atom. The van der Waals surface area contributed by atoms with Gasteiger partial charge in [-0.05, 0) is 31.0 Å². The van der Waals surface area contributed by atoms with Gasteiger partial charge in [0.25, 0.3) is 0 Å². The Bertz CT molecular complexity index is 672. The van der Waals surface area contributed by atoms with Crippen LogP contribution in [0.3, 0.4) is 0 Å². The molecular formula is C15H16FNO2. The molecule has 0 spiro atoms. The summed E-state index contributed by atoms with van der Waals surface area (Å²) >= 11 is 0. The van der Waals surface area contributed by atoms with Gasteiger partial charge in [0.1, 0.15) is 5.82 Å². The number of fused-ring (bicyclic) bond motifs is 1. The number of nitrogens with zero attached hydrogens (tertiary/aromatic N) is 1. The first-order valence-corrected chi connectivity index (χ1v) is 6.65. The van der Waals surface area contributed by atoms with Crippen LogP contribution in [0.4, 0.5) is 4.39 Å². The van der Waals surface area contributed by atoms with Crippen molar-refractivity contribution < 1.29 is 9.50 Å². The molecule has 1 saturated carbocycles. The van der Waals surface area contributed by atoms with Crippen LogP contribution < -0.4 is 5.43 Å². The highest BCUT2D eigenvalue weighted by Gasteiger charge is 2.19. The van der Waals surface area contributed by atoms with Crippen molar-refractivity contribution >= 4 is 10.9 Å². The van der Waals surface area contributed by atoms with Gasteiger partial charge in [-0.3, -0.25) is 4.79 Å². The topological polar surface area (TPSA) is 42.2 Å². The van der Waals surface area contributed by atoms with Crippen LogP contribution >= 0.6 is 0 Å². The van der Waals surface area contributed by atoms with Crippen LogP contribution in [0.2, 0.25) is 0 Å². The number of hydrogen-bond donors (Lipinski definition) is 1. The van der Waals surface area contributed by atoms with E-state index in [1.54, 1.807) is 12.3 Å². The van der Waals surface area contributed by atoms with Crippen molar-refractivity contribution in [1.29, 1.82) is 0 Å². The monoisotopic (exact) mass is 261 g/mol. The Balaban J connectivity index is 2.31. The van der Waals surface area contributed by atoms with Gasteiger partial charge in [0, 0.05) is 23.2 Å². The molecule has 0 unspecified atom stereocenters. The lowest BCUT2D eigenvalue weighted by atomic mass is 10.1. The number of aliphatic hydroxyl groups excluding tert-OH is 1. The average Bonchev–Trinajstić information content (AvgIpc) is 2.93. The van der Waals surface area contributed by atoms with Crippen molar-refractivity contribution in [2.45, 2.75) is 38.3 Å². The van der Waals surface area contributed by atoms with Crippen LogP contribution in [-0.4, -0.2) is 9.67 Å². The highest BCUT2D eigenvalue weighted by atomic mass is 19.1. The summed E-state index contributed by atoms with van der Waals surface area (Å²) in [6, 6.07) is 4.65. The first-order valence-electron chi connectivity index (χ1n) is 6.65. The van der Waals surface area contributed by atoms with Gasteiger partial charge < -0.3 is 9.67 Å². The lowest BCUT2D eigenvalue weighted by Gasteiger charge is -2.19. The average molecular weight is 261 g/mol. The van der Waals surface area contributed by atoms with Crippen LogP contribution in [-0.2, 0) is 6.61 Å². The van der Waals surface area contributed by atoms with E-state index in [1.165, 1.54) is 25.0 Å². The Kier molecular flexibility index (Phi) is 3.11. The number of pyridine rings is 1. The molecule has 2 aromatic rings. The van der Waals surface area contributed by atoms with Gasteiger partial charge in [0.15, 0.2) is 5.43 Å². The lowest BCUT2D eigenvalue weighted by molar-refractivity contribution is 0.279. The van der Waals surface area contributed by atoms with Gasteiger partial charge in [0.05, 0.1) is 12.1 Å². The van der Waals surface area contributed by atoms with Crippen LogP contribution in [0.25, 0.3) is 10.9 Å². The van der Waals surface area contributed by atoms with Crippen molar-refractivity contribution in [1.82, 2.24) is 4.57 Å². The number of halogens is 1. The van der Waals surface area contributed by atoms with E-state index in [-0.39, 0.29) is 12.0 Å². The molecule has 0 saturated heterocycles. The molecule has 0 aliphatic heterocycles. The molecular weight excluding hydrogens is 245 g/mol. The molecule has 100 valence electrons. The van der Waals surface area contributed by atoms with E-state index in [9.17, 15) is 14.3 Å². The maximum atomic E-state index is 13.4. The standard InChI is InChI=1S/C15H16FNO2/c16-11-5-6-14-13(7-11)15(19)10(9-18)8-17(14)12-3-1-2-4-12/h5-8,12,18H,1-4,9H2. The smallest absolute Gasteiger partial charge is 0.194 e. The predicted octanol–water partition coefficient (Wildman–Crippen LogP) is 2.75. The van der Waals surface area contributed by atoms with Crippen molar-refractivity contribution in [2.75, 3.05) is 0 Å². The van der Waals surface area contributed by atoms with Gasteiger partial charge in [-0.1, -0.05) is 12.8 Å². The van der Waals surface area contributed by atoms with Crippen molar-refractivity contribution in [2.24, 2.45) is 0 Å². The zero-order valence-electron chi connectivity index (χ0n) is 10.6. The first kappa shape index (κ1) is 12.4. The van der Waals surface area contributed by atoms with Gasteiger partial charge >= 0.3 is 0 Å². The molecule has 1 aliphatic carbocycles. The number of benzene rings is 1. The summed E-state index contributed by atoms with van der Waals surface area (Å²) in [7, 11) is 0. The molecule has 0 bridgehead atoms. The normalized spacial score (nSPS) is 16.3. The number of rotatable bonds is 2. The fourth-order valence-electron chi connectivity index (χ4n) is 2.98. The fraction of sp³-hybridized carbons (Fsp3) is 0.400. The largest absolute Gasteiger partial charge is 0.391 e. The summed E-state index contributed by atoms with van der Waals surface area (Å²) in [4.78, 5) is 12.1. The summed E-state index contributed by atoms with van der Waals surface area (Å²) in [6.07, 6.45) is 6.22. The van der Waals surface area contributed by atoms with E-state index in [4.69, 9.17) is 0 Å². The van der Waals surface area contributed by atoms with Crippen molar-refractivity contribution in [3.63, 3.8) is 0 Å². The molecule has 4 heteroatoms. The van der Waals surface area contributed by atoms with E-state index in [1.807, 2.05) is 4.57 Å². The summed E-state index contributed by atoms with van der Waals surface area (Å²) in [6.45, 7) is -0.308. The summed E-state index contributed by atoms with van der Waals surface area (Å²) in [5.41, 5.74) is 0.826. The van der Waals surface area contributed by atoms with Crippen molar-refractivity contribution in [3.05, 3.63) is 46.0 Å². The van der Waals surface area contributed by atoms with E-state index in [2.05, 4.69) is 0 Å². The molecule has 1 aromatic carbocycles. The Morgan fingerprint density at radius 2 is 2.05 bits per heavy atom. The minimum Gasteiger partial charge on any atom is -0.391 e. The SMILES string of the molecule is O=c1c(CO)cn(C2CCCC2)c2ccc(F)cc12. The second kappa shape index (κ2) is 4.78. The molecule has 1 aromatic heterocycles. The molecule has 1 N–H and O–H groups in total. The molecule has 3 rings (SSSR count). The Morgan fingerprint density at radius 1 is 1.32 bits per heavy atom. The molecule has 0 radical (unpaired) electrons. The van der Waals surface area contributed by atoms with Crippen LogP contribution in [0.15, 0.2) is 29.2 Å². The van der Waals surface area contributed by atoms with E-state index in [0.717, 1.165) is 18.4 Å². The minimum absolute atomic E-state index is 0.272. The van der Waals surface area contributed by atoms with Crippen molar-refractivity contribution in [3.8, 4) is 0 Å². The molecule has 3 nitrogen and oxygen atoms in total. The van der Waals surface area contributed by atoms with Gasteiger partial charge in [-0.25, -0.2) is 4.39 Å². The van der Waals surface area contributed by atoms with Gasteiger partial charge in [-0.15, -0.1) is 0 Å². The highest BCUT2D eigenvalue weighted by Crippen LogP contribution is 2.31. The molecule has 1 heterocycles. The minimum atomic E-state index is -0.419.